The topological polar surface area (TPSA) is 29.9 Å². The normalized spacial score (nSPS) is 11.8. The van der Waals surface area contributed by atoms with E-state index >= 15 is 0 Å². The van der Waals surface area contributed by atoms with Gasteiger partial charge in [0.25, 0.3) is 0 Å². The van der Waals surface area contributed by atoms with Gasteiger partial charge in [-0.05, 0) is 55.0 Å². The lowest BCUT2D eigenvalue weighted by Gasteiger charge is -2.21. The van der Waals surface area contributed by atoms with E-state index in [4.69, 9.17) is 0 Å². The summed E-state index contributed by atoms with van der Waals surface area (Å²) in [6, 6.07) is 5.11. The highest BCUT2D eigenvalue weighted by Gasteiger charge is 2.14. The van der Waals surface area contributed by atoms with Crippen molar-refractivity contribution in [3.8, 4) is 5.69 Å². The zero-order valence-corrected chi connectivity index (χ0v) is 13.4. The van der Waals surface area contributed by atoms with E-state index in [1.807, 2.05) is 12.3 Å². The summed E-state index contributed by atoms with van der Waals surface area (Å²) in [5.41, 5.74) is 1.40. The van der Waals surface area contributed by atoms with E-state index in [0.29, 0.717) is 12.2 Å². The van der Waals surface area contributed by atoms with Gasteiger partial charge in [-0.15, -0.1) is 0 Å². The third kappa shape index (κ3) is 3.76. The highest BCUT2D eigenvalue weighted by molar-refractivity contribution is 14.1. The molecule has 3 nitrogen and oxygen atoms in total. The van der Waals surface area contributed by atoms with Crippen molar-refractivity contribution in [1.82, 2.24) is 15.1 Å². The first-order valence-corrected chi connectivity index (χ1v) is 7.18. The molecule has 0 aliphatic heterocycles. The minimum atomic E-state index is -0.257. The molecule has 5 heteroatoms. The second-order valence-electron chi connectivity index (χ2n) is 5.45. The number of nitrogens with zero attached hydrogens (tertiary/aromatic N) is 2. The Morgan fingerprint density at radius 3 is 2.68 bits per heavy atom. The summed E-state index contributed by atoms with van der Waals surface area (Å²) in [7, 11) is 0. The lowest BCUT2D eigenvalue weighted by molar-refractivity contribution is 0.423. The standard InChI is InChI=1S/C14H17FIN3/c1-14(2,3)17-7-10-5-4-6-12(15)13(10)19-9-11(16)8-18-19/h4-6,8-9,17H,7H2,1-3H3. The second kappa shape index (κ2) is 5.58. The molecule has 1 heterocycles. The third-order valence-corrected chi connectivity index (χ3v) is 3.22. The molecule has 0 radical (unpaired) electrons. The minimum absolute atomic E-state index is 0.0118. The molecule has 19 heavy (non-hydrogen) atoms. The number of hydrogen-bond donors (Lipinski definition) is 1. The van der Waals surface area contributed by atoms with Gasteiger partial charge in [0.1, 0.15) is 11.5 Å². The molecule has 0 saturated heterocycles. The lowest BCUT2D eigenvalue weighted by atomic mass is 10.1. The summed E-state index contributed by atoms with van der Waals surface area (Å²) in [4.78, 5) is 0. The quantitative estimate of drug-likeness (QED) is 0.835. The molecule has 102 valence electrons. The number of halogens is 2. The van der Waals surface area contributed by atoms with Gasteiger partial charge in [-0.1, -0.05) is 12.1 Å². The molecule has 1 N–H and O–H groups in total. The van der Waals surface area contributed by atoms with Gasteiger partial charge in [-0.2, -0.15) is 5.10 Å². The van der Waals surface area contributed by atoms with Gasteiger partial charge in [0.05, 0.1) is 9.77 Å². The predicted octanol–water partition coefficient (Wildman–Crippen LogP) is 3.50. The van der Waals surface area contributed by atoms with E-state index in [-0.39, 0.29) is 11.4 Å². The monoisotopic (exact) mass is 373 g/mol. The van der Waals surface area contributed by atoms with Crippen LogP contribution in [0.1, 0.15) is 26.3 Å². The van der Waals surface area contributed by atoms with E-state index < -0.39 is 0 Å². The van der Waals surface area contributed by atoms with Gasteiger partial charge in [-0.25, -0.2) is 9.07 Å². The first-order valence-electron chi connectivity index (χ1n) is 6.10. The molecule has 2 aromatic rings. The van der Waals surface area contributed by atoms with Gasteiger partial charge in [0, 0.05) is 18.3 Å². The van der Waals surface area contributed by atoms with E-state index in [2.05, 4.69) is 53.8 Å². The van der Waals surface area contributed by atoms with Crippen molar-refractivity contribution in [3.63, 3.8) is 0 Å². The zero-order chi connectivity index (χ0) is 14.0. The van der Waals surface area contributed by atoms with Gasteiger partial charge in [0.15, 0.2) is 0 Å². The van der Waals surface area contributed by atoms with Crippen molar-refractivity contribution in [2.75, 3.05) is 0 Å². The molecule has 0 aliphatic carbocycles. The molecule has 0 amide bonds. The molecule has 0 unspecified atom stereocenters. The van der Waals surface area contributed by atoms with Gasteiger partial charge in [-0.3, -0.25) is 0 Å². The summed E-state index contributed by atoms with van der Waals surface area (Å²) >= 11 is 2.16. The predicted molar refractivity (Wildman–Crippen MR) is 82.8 cm³/mol. The molecular weight excluding hydrogens is 356 g/mol. The number of benzene rings is 1. The Labute approximate surface area is 126 Å². The molecule has 0 aliphatic rings. The number of aromatic nitrogens is 2. The first-order chi connectivity index (χ1) is 8.87. The molecule has 0 spiro atoms. The van der Waals surface area contributed by atoms with Gasteiger partial charge >= 0.3 is 0 Å². The minimum Gasteiger partial charge on any atom is -0.308 e. The van der Waals surface area contributed by atoms with Crippen LogP contribution in [0.2, 0.25) is 0 Å². The fraction of sp³-hybridized carbons (Fsp3) is 0.357. The van der Waals surface area contributed by atoms with Crippen LogP contribution in [0.5, 0.6) is 0 Å². The molecule has 0 bridgehead atoms. The Bertz CT molecular complexity index is 572. The fourth-order valence-corrected chi connectivity index (χ4v) is 2.13. The zero-order valence-electron chi connectivity index (χ0n) is 11.2. The SMILES string of the molecule is CC(C)(C)NCc1cccc(F)c1-n1cc(I)cn1. The van der Waals surface area contributed by atoms with E-state index in [0.717, 1.165) is 9.13 Å². The third-order valence-electron chi connectivity index (χ3n) is 2.66. The van der Waals surface area contributed by atoms with E-state index in [9.17, 15) is 4.39 Å². The molecule has 2 rings (SSSR count). The smallest absolute Gasteiger partial charge is 0.149 e. The average molecular weight is 373 g/mol. The van der Waals surface area contributed by atoms with Crippen molar-refractivity contribution in [1.29, 1.82) is 0 Å². The number of para-hydroxylation sites is 1. The summed E-state index contributed by atoms with van der Waals surface area (Å²) in [5.74, 6) is -0.257. The Morgan fingerprint density at radius 1 is 1.37 bits per heavy atom. The van der Waals surface area contributed by atoms with Crippen LogP contribution in [0.4, 0.5) is 4.39 Å². The summed E-state index contributed by atoms with van der Waals surface area (Å²) in [6.45, 7) is 6.86. The first kappa shape index (κ1) is 14.5. The molecule has 0 saturated carbocycles. The maximum absolute atomic E-state index is 14.1. The van der Waals surface area contributed by atoms with Crippen LogP contribution in [-0.4, -0.2) is 15.3 Å². The van der Waals surface area contributed by atoms with E-state index in [1.165, 1.54) is 6.07 Å². The van der Waals surface area contributed by atoms with Crippen LogP contribution in [0, 0.1) is 9.39 Å². The van der Waals surface area contributed by atoms with Crippen LogP contribution in [0.15, 0.2) is 30.6 Å². The molecular formula is C14H17FIN3. The lowest BCUT2D eigenvalue weighted by Crippen LogP contribution is -2.35. The summed E-state index contributed by atoms with van der Waals surface area (Å²) in [6.07, 6.45) is 3.54. The Morgan fingerprint density at radius 2 is 2.11 bits per heavy atom. The summed E-state index contributed by atoms with van der Waals surface area (Å²) in [5, 5.41) is 7.57. The molecule has 1 aromatic carbocycles. The van der Waals surface area contributed by atoms with Crippen LogP contribution in [0.3, 0.4) is 0 Å². The maximum Gasteiger partial charge on any atom is 0.149 e. The van der Waals surface area contributed by atoms with Crippen molar-refractivity contribution in [2.45, 2.75) is 32.9 Å². The number of hydrogen-bond acceptors (Lipinski definition) is 2. The largest absolute Gasteiger partial charge is 0.308 e. The molecule has 1 aromatic heterocycles. The fourth-order valence-electron chi connectivity index (χ4n) is 1.74. The highest BCUT2D eigenvalue weighted by Crippen LogP contribution is 2.20. The average Bonchev–Trinajstić information content (AvgIpc) is 2.72. The van der Waals surface area contributed by atoms with Crippen LogP contribution in [-0.2, 0) is 6.54 Å². The number of nitrogens with one attached hydrogen (secondary N) is 1. The van der Waals surface area contributed by atoms with Gasteiger partial charge in [0.2, 0.25) is 0 Å². The van der Waals surface area contributed by atoms with Crippen molar-refractivity contribution < 1.29 is 4.39 Å². The van der Waals surface area contributed by atoms with Crippen molar-refractivity contribution >= 4 is 22.6 Å². The van der Waals surface area contributed by atoms with Crippen molar-refractivity contribution in [2.24, 2.45) is 0 Å². The van der Waals surface area contributed by atoms with Crippen LogP contribution >= 0.6 is 22.6 Å². The van der Waals surface area contributed by atoms with Crippen LogP contribution in [0.25, 0.3) is 5.69 Å². The highest BCUT2D eigenvalue weighted by atomic mass is 127. The second-order valence-corrected chi connectivity index (χ2v) is 6.70. The molecule has 0 atom stereocenters. The maximum atomic E-state index is 14.1. The van der Waals surface area contributed by atoms with Crippen LogP contribution < -0.4 is 5.32 Å². The Hall–Kier alpha value is -0.950. The van der Waals surface area contributed by atoms with E-state index in [1.54, 1.807) is 16.9 Å². The van der Waals surface area contributed by atoms with Gasteiger partial charge < -0.3 is 5.32 Å². The number of rotatable bonds is 3. The summed E-state index contributed by atoms with van der Waals surface area (Å²) < 4.78 is 16.6. The van der Waals surface area contributed by atoms with Crippen molar-refractivity contribution in [3.05, 3.63) is 45.5 Å². The molecule has 0 fully saturated rings. The Balaban J connectivity index is 2.36. The Kier molecular flexibility index (Phi) is 4.25.